The number of amides is 1. The van der Waals surface area contributed by atoms with Crippen LogP contribution in [0.25, 0.3) is 0 Å². The predicted molar refractivity (Wildman–Crippen MR) is 92.8 cm³/mol. The molecule has 0 radical (unpaired) electrons. The van der Waals surface area contributed by atoms with Gasteiger partial charge < -0.3 is 11.1 Å². The molecule has 0 bridgehead atoms. The highest BCUT2D eigenvalue weighted by Gasteiger charge is 2.23. The van der Waals surface area contributed by atoms with E-state index in [0.717, 1.165) is 51.3 Å². The SMILES string of the molecule is NC(=O)C1CCCN(Cc2cccc(CNCc3ccn[nH]3)c2)C1. The van der Waals surface area contributed by atoms with E-state index in [9.17, 15) is 4.79 Å². The third kappa shape index (κ3) is 4.66. The lowest BCUT2D eigenvalue weighted by Gasteiger charge is -2.31. The largest absolute Gasteiger partial charge is 0.369 e. The third-order valence-corrected chi connectivity index (χ3v) is 4.51. The van der Waals surface area contributed by atoms with Crippen LogP contribution in [0.2, 0.25) is 0 Å². The van der Waals surface area contributed by atoms with E-state index < -0.39 is 0 Å². The molecule has 128 valence electrons. The van der Waals surface area contributed by atoms with Crippen LogP contribution in [-0.4, -0.2) is 34.1 Å². The van der Waals surface area contributed by atoms with Gasteiger partial charge in [0.1, 0.15) is 0 Å². The van der Waals surface area contributed by atoms with Crippen LogP contribution in [-0.2, 0) is 24.4 Å². The summed E-state index contributed by atoms with van der Waals surface area (Å²) < 4.78 is 0. The van der Waals surface area contributed by atoms with Gasteiger partial charge in [-0.15, -0.1) is 0 Å². The minimum absolute atomic E-state index is 0.00185. The summed E-state index contributed by atoms with van der Waals surface area (Å²) in [5, 5.41) is 10.3. The summed E-state index contributed by atoms with van der Waals surface area (Å²) in [6, 6.07) is 10.6. The van der Waals surface area contributed by atoms with E-state index in [0.29, 0.717) is 0 Å². The summed E-state index contributed by atoms with van der Waals surface area (Å²) in [5.41, 5.74) is 9.08. The highest BCUT2D eigenvalue weighted by Crippen LogP contribution is 2.18. The molecule has 0 aliphatic carbocycles. The molecule has 24 heavy (non-hydrogen) atoms. The maximum absolute atomic E-state index is 11.4. The fraction of sp³-hybridized carbons (Fsp3) is 0.444. The summed E-state index contributed by atoms with van der Waals surface area (Å²) in [6.45, 7) is 4.27. The molecule has 2 heterocycles. The second kappa shape index (κ2) is 8.08. The van der Waals surface area contributed by atoms with E-state index in [-0.39, 0.29) is 11.8 Å². The smallest absolute Gasteiger partial charge is 0.221 e. The summed E-state index contributed by atoms with van der Waals surface area (Å²) in [7, 11) is 0. The van der Waals surface area contributed by atoms with Crippen molar-refractivity contribution in [3.8, 4) is 0 Å². The zero-order valence-corrected chi connectivity index (χ0v) is 13.9. The maximum atomic E-state index is 11.4. The van der Waals surface area contributed by atoms with Gasteiger partial charge in [0.15, 0.2) is 0 Å². The van der Waals surface area contributed by atoms with Crippen LogP contribution < -0.4 is 11.1 Å². The number of piperidine rings is 1. The second-order valence-electron chi connectivity index (χ2n) is 6.48. The molecule has 0 saturated carbocycles. The van der Waals surface area contributed by atoms with E-state index in [1.54, 1.807) is 6.20 Å². The molecule has 1 fully saturated rings. The zero-order valence-electron chi connectivity index (χ0n) is 13.9. The standard InChI is InChI=1S/C18H25N5O/c19-18(24)16-5-2-8-23(13-16)12-15-4-1-3-14(9-15)10-20-11-17-6-7-21-22-17/h1,3-4,6-7,9,16,20H,2,5,8,10-13H2,(H2,19,24)(H,21,22). The first kappa shape index (κ1) is 16.7. The van der Waals surface area contributed by atoms with Crippen LogP contribution in [0, 0.1) is 5.92 Å². The molecule has 1 aliphatic heterocycles. The second-order valence-corrected chi connectivity index (χ2v) is 6.48. The number of rotatable bonds is 7. The molecule has 1 aromatic carbocycles. The van der Waals surface area contributed by atoms with Crippen molar-refractivity contribution in [3.63, 3.8) is 0 Å². The van der Waals surface area contributed by atoms with Crippen LogP contribution in [0.3, 0.4) is 0 Å². The van der Waals surface area contributed by atoms with Gasteiger partial charge in [0.25, 0.3) is 0 Å². The van der Waals surface area contributed by atoms with Crippen molar-refractivity contribution in [3.05, 3.63) is 53.3 Å². The van der Waals surface area contributed by atoms with Crippen molar-refractivity contribution in [2.45, 2.75) is 32.5 Å². The van der Waals surface area contributed by atoms with E-state index in [4.69, 9.17) is 5.73 Å². The number of nitrogens with one attached hydrogen (secondary N) is 2. The number of aromatic nitrogens is 2. The predicted octanol–water partition coefficient (Wildman–Crippen LogP) is 1.40. The lowest BCUT2D eigenvalue weighted by Crippen LogP contribution is -2.40. The Morgan fingerprint density at radius 1 is 1.33 bits per heavy atom. The number of benzene rings is 1. The van der Waals surface area contributed by atoms with Crippen LogP contribution in [0.1, 0.15) is 29.7 Å². The number of hydrogen-bond donors (Lipinski definition) is 3. The number of hydrogen-bond acceptors (Lipinski definition) is 4. The Morgan fingerprint density at radius 2 is 2.21 bits per heavy atom. The summed E-state index contributed by atoms with van der Waals surface area (Å²) >= 11 is 0. The Labute approximate surface area is 142 Å². The molecule has 1 unspecified atom stereocenters. The lowest BCUT2D eigenvalue weighted by molar-refractivity contribution is -0.123. The van der Waals surface area contributed by atoms with Gasteiger partial charge in [-0.2, -0.15) is 5.10 Å². The van der Waals surface area contributed by atoms with E-state index in [2.05, 4.69) is 44.7 Å². The molecular weight excluding hydrogens is 302 g/mol. The van der Waals surface area contributed by atoms with Crippen molar-refractivity contribution >= 4 is 5.91 Å². The van der Waals surface area contributed by atoms with Crippen LogP contribution in [0.4, 0.5) is 0 Å². The van der Waals surface area contributed by atoms with Gasteiger partial charge in [0, 0.05) is 38.1 Å². The molecule has 1 atom stereocenters. The van der Waals surface area contributed by atoms with Crippen molar-refractivity contribution in [2.75, 3.05) is 13.1 Å². The fourth-order valence-electron chi connectivity index (χ4n) is 3.25. The number of H-pyrrole nitrogens is 1. The van der Waals surface area contributed by atoms with Crippen LogP contribution >= 0.6 is 0 Å². The van der Waals surface area contributed by atoms with Gasteiger partial charge in [-0.3, -0.25) is 14.8 Å². The van der Waals surface area contributed by atoms with Crippen molar-refractivity contribution in [2.24, 2.45) is 11.7 Å². The first-order chi connectivity index (χ1) is 11.7. The molecular formula is C18H25N5O. The minimum Gasteiger partial charge on any atom is -0.369 e. The van der Waals surface area contributed by atoms with Gasteiger partial charge in [0.05, 0.1) is 5.92 Å². The average molecular weight is 327 g/mol. The third-order valence-electron chi connectivity index (χ3n) is 4.51. The van der Waals surface area contributed by atoms with Gasteiger partial charge in [0.2, 0.25) is 5.91 Å². The Morgan fingerprint density at radius 3 is 3.00 bits per heavy atom. The molecule has 0 spiro atoms. The van der Waals surface area contributed by atoms with E-state index >= 15 is 0 Å². The summed E-state index contributed by atoms with van der Waals surface area (Å²) in [6.07, 6.45) is 3.72. The number of nitrogens with zero attached hydrogens (tertiary/aromatic N) is 2. The van der Waals surface area contributed by atoms with Gasteiger partial charge in [-0.25, -0.2) is 0 Å². The van der Waals surface area contributed by atoms with Gasteiger partial charge in [-0.1, -0.05) is 24.3 Å². The molecule has 6 nitrogen and oxygen atoms in total. The molecule has 1 amide bonds. The van der Waals surface area contributed by atoms with E-state index in [1.807, 2.05) is 6.07 Å². The van der Waals surface area contributed by atoms with Crippen molar-refractivity contribution in [1.29, 1.82) is 0 Å². The zero-order chi connectivity index (χ0) is 16.8. The highest BCUT2D eigenvalue weighted by molar-refractivity contribution is 5.76. The number of nitrogens with two attached hydrogens (primary N) is 1. The first-order valence-electron chi connectivity index (χ1n) is 8.49. The Hall–Kier alpha value is -2.18. The number of carbonyl (C=O) groups excluding carboxylic acids is 1. The minimum atomic E-state index is -0.170. The summed E-state index contributed by atoms with van der Waals surface area (Å²) in [4.78, 5) is 13.7. The number of carbonyl (C=O) groups is 1. The monoisotopic (exact) mass is 327 g/mol. The average Bonchev–Trinajstić information content (AvgIpc) is 3.09. The molecule has 1 saturated heterocycles. The lowest BCUT2D eigenvalue weighted by atomic mass is 9.97. The van der Waals surface area contributed by atoms with Crippen LogP contribution in [0.15, 0.2) is 36.5 Å². The van der Waals surface area contributed by atoms with E-state index in [1.165, 1.54) is 11.1 Å². The van der Waals surface area contributed by atoms with Crippen LogP contribution in [0.5, 0.6) is 0 Å². The molecule has 4 N–H and O–H groups in total. The Kier molecular flexibility index (Phi) is 5.61. The van der Waals surface area contributed by atoms with Gasteiger partial charge in [-0.05, 0) is 36.6 Å². The molecule has 6 heteroatoms. The quantitative estimate of drug-likeness (QED) is 0.717. The molecule has 1 aliphatic rings. The number of aromatic amines is 1. The normalized spacial score (nSPS) is 18.6. The van der Waals surface area contributed by atoms with Crippen molar-refractivity contribution in [1.82, 2.24) is 20.4 Å². The number of likely N-dealkylation sites (tertiary alicyclic amines) is 1. The maximum Gasteiger partial charge on any atom is 0.221 e. The fourth-order valence-corrected chi connectivity index (χ4v) is 3.25. The molecule has 3 rings (SSSR count). The Balaban J connectivity index is 1.52. The Bertz CT molecular complexity index is 655. The molecule has 2 aromatic rings. The molecule has 1 aromatic heterocycles. The van der Waals surface area contributed by atoms with Crippen molar-refractivity contribution < 1.29 is 4.79 Å². The highest BCUT2D eigenvalue weighted by atomic mass is 16.1. The van der Waals surface area contributed by atoms with Gasteiger partial charge >= 0.3 is 0 Å². The topological polar surface area (TPSA) is 87.0 Å². The number of primary amides is 1. The first-order valence-corrected chi connectivity index (χ1v) is 8.49. The summed E-state index contributed by atoms with van der Waals surface area (Å²) in [5.74, 6) is -0.172.